The molecule has 1 aromatic rings. The fraction of sp³-hybridized carbons (Fsp3) is 0.571. The number of amides is 1. The van der Waals surface area contributed by atoms with Crippen LogP contribution in [0.5, 0.6) is 0 Å². The quantitative estimate of drug-likeness (QED) is 0.899. The number of nitrogens with one attached hydrogen (secondary N) is 1. The van der Waals surface area contributed by atoms with E-state index in [0.717, 1.165) is 18.3 Å². The highest BCUT2D eigenvalue weighted by molar-refractivity contribution is 5.94. The van der Waals surface area contributed by atoms with E-state index in [1.54, 1.807) is 0 Å². The maximum Gasteiger partial charge on any atom is 0.418 e. The molecular formula is C14H19F3N2O2. The number of alkyl halides is 3. The van der Waals surface area contributed by atoms with Gasteiger partial charge in [0.05, 0.1) is 18.2 Å². The molecule has 1 amide bonds. The van der Waals surface area contributed by atoms with Crippen LogP contribution >= 0.6 is 0 Å². The van der Waals surface area contributed by atoms with Crippen LogP contribution in [0.4, 0.5) is 13.2 Å². The minimum atomic E-state index is -4.65. The summed E-state index contributed by atoms with van der Waals surface area (Å²) in [6.07, 6.45) is -3.09. The lowest BCUT2D eigenvalue weighted by Crippen LogP contribution is -2.41. The lowest BCUT2D eigenvalue weighted by Gasteiger charge is -2.25. The molecule has 0 fully saturated rings. The Kier molecular flexibility index (Phi) is 5.33. The maximum atomic E-state index is 12.8. The van der Waals surface area contributed by atoms with Crippen LogP contribution in [0, 0.1) is 5.41 Å². The highest BCUT2D eigenvalue weighted by atomic mass is 19.4. The van der Waals surface area contributed by atoms with Gasteiger partial charge in [0.25, 0.3) is 5.91 Å². The third kappa shape index (κ3) is 5.34. The smallest absolute Gasteiger partial charge is 0.394 e. The second kappa shape index (κ2) is 6.43. The maximum absolute atomic E-state index is 12.8. The second-order valence-electron chi connectivity index (χ2n) is 6.02. The molecule has 0 aromatic carbocycles. The lowest BCUT2D eigenvalue weighted by molar-refractivity contribution is -0.138. The average Bonchev–Trinajstić information content (AvgIpc) is 2.35. The third-order valence-corrected chi connectivity index (χ3v) is 2.74. The highest BCUT2D eigenvalue weighted by Gasteiger charge is 2.36. The molecule has 0 aliphatic rings. The molecule has 0 radical (unpaired) electrons. The van der Waals surface area contributed by atoms with Crippen LogP contribution in [-0.4, -0.2) is 28.6 Å². The van der Waals surface area contributed by atoms with E-state index < -0.39 is 29.4 Å². The number of aliphatic hydroxyl groups excluding tert-OH is 1. The Morgan fingerprint density at radius 2 is 2.00 bits per heavy atom. The first-order valence-corrected chi connectivity index (χ1v) is 6.48. The topological polar surface area (TPSA) is 62.2 Å². The zero-order valence-electron chi connectivity index (χ0n) is 12.2. The second-order valence-corrected chi connectivity index (χ2v) is 6.02. The Balaban J connectivity index is 2.94. The third-order valence-electron chi connectivity index (χ3n) is 2.74. The van der Waals surface area contributed by atoms with Gasteiger partial charge in [0.2, 0.25) is 0 Å². The Morgan fingerprint density at radius 1 is 1.38 bits per heavy atom. The lowest BCUT2D eigenvalue weighted by atomic mass is 9.88. The molecule has 1 unspecified atom stereocenters. The Bertz CT molecular complexity index is 496. The average molecular weight is 304 g/mol. The summed E-state index contributed by atoms with van der Waals surface area (Å²) in [7, 11) is 0. The van der Waals surface area contributed by atoms with Crippen molar-refractivity contribution in [1.29, 1.82) is 0 Å². The number of halogens is 3. The van der Waals surface area contributed by atoms with Gasteiger partial charge < -0.3 is 10.4 Å². The van der Waals surface area contributed by atoms with Crippen LogP contribution in [-0.2, 0) is 6.18 Å². The Morgan fingerprint density at radius 3 is 2.48 bits per heavy atom. The van der Waals surface area contributed by atoms with Crippen LogP contribution in [0.1, 0.15) is 43.2 Å². The van der Waals surface area contributed by atoms with Gasteiger partial charge in [0.15, 0.2) is 0 Å². The number of aromatic nitrogens is 1. The minimum absolute atomic E-state index is 0.183. The van der Waals surface area contributed by atoms with Crippen molar-refractivity contribution in [1.82, 2.24) is 10.3 Å². The summed E-state index contributed by atoms with van der Waals surface area (Å²) in [6, 6.07) is 1.30. The highest BCUT2D eigenvalue weighted by Crippen LogP contribution is 2.31. The number of hydrogen-bond donors (Lipinski definition) is 2. The van der Waals surface area contributed by atoms with E-state index in [1.165, 1.54) is 0 Å². The molecule has 21 heavy (non-hydrogen) atoms. The molecule has 2 N–H and O–H groups in total. The van der Waals surface area contributed by atoms with Gasteiger partial charge in [0.1, 0.15) is 5.69 Å². The molecule has 7 heteroatoms. The standard InChI is InChI=1S/C14H19F3N2O2/c1-13(2,3)7-9(8-20)19-12(21)11-10(14(15,16)17)5-4-6-18-11/h4-6,9,20H,7-8H2,1-3H3,(H,19,21). The number of aliphatic hydroxyl groups is 1. The normalized spacial score (nSPS) is 13.9. The van der Waals surface area contributed by atoms with Crippen LogP contribution in [0.25, 0.3) is 0 Å². The summed E-state index contributed by atoms with van der Waals surface area (Å²) in [5.74, 6) is -0.939. The number of hydrogen-bond acceptors (Lipinski definition) is 3. The molecule has 0 aliphatic heterocycles. The monoisotopic (exact) mass is 304 g/mol. The van der Waals surface area contributed by atoms with Gasteiger partial charge >= 0.3 is 6.18 Å². The Labute approximate surface area is 121 Å². The predicted molar refractivity (Wildman–Crippen MR) is 71.7 cm³/mol. The predicted octanol–water partition coefficient (Wildman–Crippen LogP) is 2.63. The molecule has 0 bridgehead atoms. The number of carbonyl (C=O) groups excluding carboxylic acids is 1. The van der Waals surface area contributed by atoms with Gasteiger partial charge in [-0.25, -0.2) is 0 Å². The van der Waals surface area contributed by atoms with E-state index in [-0.39, 0.29) is 12.0 Å². The van der Waals surface area contributed by atoms with Crippen molar-refractivity contribution < 1.29 is 23.1 Å². The SMILES string of the molecule is CC(C)(C)CC(CO)NC(=O)c1ncccc1C(F)(F)F. The van der Waals surface area contributed by atoms with E-state index >= 15 is 0 Å². The van der Waals surface area contributed by atoms with Crippen LogP contribution in [0.15, 0.2) is 18.3 Å². The Hall–Kier alpha value is -1.63. The zero-order valence-corrected chi connectivity index (χ0v) is 12.2. The number of pyridine rings is 1. The molecule has 1 atom stereocenters. The van der Waals surface area contributed by atoms with Crippen molar-refractivity contribution in [2.45, 2.75) is 39.4 Å². The molecule has 118 valence electrons. The largest absolute Gasteiger partial charge is 0.418 e. The van der Waals surface area contributed by atoms with Gasteiger partial charge in [-0.1, -0.05) is 20.8 Å². The molecule has 0 aliphatic carbocycles. The number of carbonyl (C=O) groups is 1. The molecule has 1 heterocycles. The van der Waals surface area contributed by atoms with Gasteiger partial charge in [0, 0.05) is 6.20 Å². The fourth-order valence-electron chi connectivity index (χ4n) is 1.97. The van der Waals surface area contributed by atoms with E-state index in [0.29, 0.717) is 6.42 Å². The van der Waals surface area contributed by atoms with Gasteiger partial charge in [-0.05, 0) is 24.0 Å². The van der Waals surface area contributed by atoms with Gasteiger partial charge in [-0.2, -0.15) is 13.2 Å². The number of nitrogens with zero attached hydrogens (tertiary/aromatic N) is 1. The van der Waals surface area contributed by atoms with Crippen molar-refractivity contribution in [3.63, 3.8) is 0 Å². The van der Waals surface area contributed by atoms with Crippen LogP contribution in [0.2, 0.25) is 0 Å². The van der Waals surface area contributed by atoms with Crippen LogP contribution < -0.4 is 5.32 Å². The van der Waals surface area contributed by atoms with E-state index in [9.17, 15) is 23.1 Å². The van der Waals surface area contributed by atoms with Gasteiger partial charge in [-0.3, -0.25) is 9.78 Å². The molecule has 4 nitrogen and oxygen atoms in total. The van der Waals surface area contributed by atoms with E-state index in [2.05, 4.69) is 10.3 Å². The summed E-state index contributed by atoms with van der Waals surface area (Å²) < 4.78 is 38.5. The summed E-state index contributed by atoms with van der Waals surface area (Å²) in [6.45, 7) is 5.37. The fourth-order valence-corrected chi connectivity index (χ4v) is 1.97. The first-order chi connectivity index (χ1) is 9.54. The van der Waals surface area contributed by atoms with Crippen LogP contribution in [0.3, 0.4) is 0 Å². The number of rotatable bonds is 4. The summed E-state index contributed by atoms with van der Waals surface area (Å²) in [5, 5.41) is 11.7. The van der Waals surface area contributed by atoms with Crippen molar-refractivity contribution in [3.8, 4) is 0 Å². The van der Waals surface area contributed by atoms with Crippen molar-refractivity contribution >= 4 is 5.91 Å². The molecule has 0 spiro atoms. The first-order valence-electron chi connectivity index (χ1n) is 6.48. The molecule has 0 saturated heterocycles. The van der Waals surface area contributed by atoms with E-state index in [4.69, 9.17) is 0 Å². The first kappa shape index (κ1) is 17.4. The van der Waals surface area contributed by atoms with Crippen molar-refractivity contribution in [2.75, 3.05) is 6.61 Å². The molecular weight excluding hydrogens is 285 g/mol. The molecule has 0 saturated carbocycles. The van der Waals surface area contributed by atoms with Crippen molar-refractivity contribution in [3.05, 3.63) is 29.6 Å². The summed E-state index contributed by atoms with van der Waals surface area (Å²) in [5.41, 5.74) is -1.95. The zero-order chi connectivity index (χ0) is 16.3. The van der Waals surface area contributed by atoms with E-state index in [1.807, 2.05) is 20.8 Å². The summed E-state index contributed by atoms with van der Waals surface area (Å²) >= 11 is 0. The summed E-state index contributed by atoms with van der Waals surface area (Å²) in [4.78, 5) is 15.5. The minimum Gasteiger partial charge on any atom is -0.394 e. The molecule has 1 aromatic heterocycles. The molecule has 1 rings (SSSR count). The van der Waals surface area contributed by atoms with Crippen molar-refractivity contribution in [2.24, 2.45) is 5.41 Å². The van der Waals surface area contributed by atoms with Gasteiger partial charge in [-0.15, -0.1) is 0 Å².